The molecule has 0 aromatic heterocycles. The third kappa shape index (κ3) is 2.53. The molecule has 0 N–H and O–H groups in total. The van der Waals surface area contributed by atoms with Gasteiger partial charge in [0.1, 0.15) is 0 Å². The van der Waals surface area contributed by atoms with Gasteiger partial charge in [0.25, 0.3) is 0 Å². The monoisotopic (exact) mass is 358 g/mol. The third-order valence-corrected chi connectivity index (χ3v) is 11.2. The second-order valence-electron chi connectivity index (χ2n) is 4.08. The molecule has 0 spiro atoms. The Hall–Kier alpha value is 1.91. The lowest BCUT2D eigenvalue weighted by Crippen LogP contribution is -2.35. The number of allylic oxidation sites excluding steroid dienone is 2. The largest absolute Gasteiger partial charge is 0.345 e. The van der Waals surface area contributed by atoms with Gasteiger partial charge in [-0.2, -0.15) is 0 Å². The van der Waals surface area contributed by atoms with Crippen LogP contribution in [0.15, 0.2) is 12.2 Å². The first-order chi connectivity index (χ1) is 6.71. The molecular weight excluding hydrogens is 353 g/mol. The smallest absolute Gasteiger partial charge is 0.126 e. The Morgan fingerprint density at radius 2 is 1.07 bits per heavy atom. The fraction of sp³-hybridized carbons (Fsp3) is 0.714. The lowest BCUT2D eigenvalue weighted by molar-refractivity contribution is 0.687. The number of halogens is 6. The average Bonchev–Trinajstić information content (AvgIpc) is 2.56. The van der Waals surface area contributed by atoms with Crippen molar-refractivity contribution < 1.29 is 0 Å². The first-order valence-corrected chi connectivity index (χ1v) is 14.8. The minimum atomic E-state index is -2.80. The molecule has 15 heavy (non-hydrogen) atoms. The molecule has 0 aromatic carbocycles. The standard InChI is InChI=1S/C7H8Cl6Si2/c8-14(9,10)6-4-1-2-5(3-4)7(6)15(11,12)13/h1-2,4-7H,3H2. The molecule has 86 valence electrons. The van der Waals surface area contributed by atoms with Crippen LogP contribution in [0.25, 0.3) is 0 Å². The van der Waals surface area contributed by atoms with Crippen molar-refractivity contribution in [1.82, 2.24) is 0 Å². The van der Waals surface area contributed by atoms with E-state index in [4.69, 9.17) is 66.5 Å². The predicted octanol–water partition coefficient (Wildman–Crippen LogP) is 5.24. The zero-order chi connectivity index (χ0) is 11.4. The molecule has 1 fully saturated rings. The molecule has 2 bridgehead atoms. The molecule has 0 saturated heterocycles. The van der Waals surface area contributed by atoms with Crippen LogP contribution in [0.3, 0.4) is 0 Å². The molecule has 0 nitrogen and oxygen atoms in total. The van der Waals surface area contributed by atoms with Crippen molar-refractivity contribution in [3.8, 4) is 0 Å². The summed E-state index contributed by atoms with van der Waals surface area (Å²) in [6.45, 7) is 0. The molecule has 4 atom stereocenters. The van der Waals surface area contributed by atoms with E-state index in [0.29, 0.717) is 11.8 Å². The lowest BCUT2D eigenvalue weighted by atomic mass is 10.1. The van der Waals surface area contributed by atoms with Crippen LogP contribution in [0.2, 0.25) is 11.1 Å². The van der Waals surface area contributed by atoms with E-state index >= 15 is 0 Å². The van der Waals surface area contributed by atoms with Crippen molar-refractivity contribution in [3.05, 3.63) is 12.2 Å². The third-order valence-electron chi connectivity index (χ3n) is 3.22. The predicted molar refractivity (Wildman–Crippen MR) is 74.9 cm³/mol. The first-order valence-electron chi connectivity index (χ1n) is 4.53. The van der Waals surface area contributed by atoms with Gasteiger partial charge in [-0.3, -0.25) is 0 Å². The van der Waals surface area contributed by atoms with Gasteiger partial charge >= 0.3 is 12.0 Å². The normalized spacial score (nSPS) is 40.1. The molecule has 4 unspecified atom stereocenters. The van der Waals surface area contributed by atoms with E-state index in [-0.39, 0.29) is 11.1 Å². The zero-order valence-corrected chi connectivity index (χ0v) is 14.0. The van der Waals surface area contributed by atoms with Crippen LogP contribution in [-0.2, 0) is 0 Å². The zero-order valence-electron chi connectivity index (χ0n) is 7.44. The summed E-state index contributed by atoms with van der Waals surface area (Å²) in [5.41, 5.74) is -0.0340. The van der Waals surface area contributed by atoms with E-state index in [2.05, 4.69) is 12.2 Å². The number of rotatable bonds is 2. The highest BCUT2D eigenvalue weighted by Crippen LogP contribution is 2.66. The molecule has 1 saturated carbocycles. The molecule has 0 aliphatic heterocycles. The van der Waals surface area contributed by atoms with Crippen molar-refractivity contribution in [3.63, 3.8) is 0 Å². The van der Waals surface area contributed by atoms with Crippen molar-refractivity contribution in [2.24, 2.45) is 11.8 Å². The van der Waals surface area contributed by atoms with Gasteiger partial charge in [-0.25, -0.2) is 0 Å². The highest BCUT2D eigenvalue weighted by molar-refractivity contribution is 7.68. The fourth-order valence-electron chi connectivity index (χ4n) is 2.71. The summed E-state index contributed by atoms with van der Waals surface area (Å²) in [5, 5.41) is 0. The van der Waals surface area contributed by atoms with E-state index in [1.165, 1.54) is 0 Å². The second kappa shape index (κ2) is 4.23. The van der Waals surface area contributed by atoms with Crippen LogP contribution in [0, 0.1) is 11.8 Å². The van der Waals surface area contributed by atoms with Crippen molar-refractivity contribution >= 4 is 78.5 Å². The summed E-state index contributed by atoms with van der Waals surface area (Å²) < 4.78 is 0. The Morgan fingerprint density at radius 1 is 0.733 bits per heavy atom. The van der Waals surface area contributed by atoms with Crippen molar-refractivity contribution in [1.29, 1.82) is 0 Å². The number of hydrogen-bond acceptors (Lipinski definition) is 0. The van der Waals surface area contributed by atoms with Crippen molar-refractivity contribution in [2.75, 3.05) is 0 Å². The summed E-state index contributed by atoms with van der Waals surface area (Å²) in [6, 6.07) is -5.61. The van der Waals surface area contributed by atoms with Crippen LogP contribution in [0.4, 0.5) is 0 Å². The van der Waals surface area contributed by atoms with Gasteiger partial charge in [0.05, 0.1) is 0 Å². The summed E-state index contributed by atoms with van der Waals surface area (Å²) in [7, 11) is 0. The van der Waals surface area contributed by atoms with Gasteiger partial charge in [-0.1, -0.05) is 12.2 Å². The lowest BCUT2D eigenvalue weighted by Gasteiger charge is -2.34. The topological polar surface area (TPSA) is 0 Å². The molecule has 2 aliphatic rings. The van der Waals surface area contributed by atoms with Gasteiger partial charge in [0.15, 0.2) is 0 Å². The van der Waals surface area contributed by atoms with E-state index in [1.54, 1.807) is 0 Å². The highest BCUT2D eigenvalue weighted by Gasteiger charge is 2.61. The van der Waals surface area contributed by atoms with Crippen molar-refractivity contribution in [2.45, 2.75) is 17.5 Å². The Kier molecular flexibility index (Phi) is 3.77. The molecule has 0 heterocycles. The van der Waals surface area contributed by atoms with Gasteiger partial charge in [0.2, 0.25) is 0 Å². The van der Waals surface area contributed by atoms with E-state index in [9.17, 15) is 0 Å². The number of fused-ring (bicyclic) bond motifs is 2. The molecule has 2 rings (SSSR count). The Labute approximate surface area is 119 Å². The first kappa shape index (κ1) is 13.3. The molecule has 0 aromatic rings. The van der Waals surface area contributed by atoms with E-state index in [1.807, 2.05) is 0 Å². The molecule has 0 radical (unpaired) electrons. The van der Waals surface area contributed by atoms with E-state index < -0.39 is 12.0 Å². The summed E-state index contributed by atoms with van der Waals surface area (Å²) in [5.74, 6) is 0.615. The van der Waals surface area contributed by atoms with Crippen LogP contribution in [-0.4, -0.2) is 12.0 Å². The molecule has 8 heteroatoms. The van der Waals surface area contributed by atoms with Gasteiger partial charge in [0, 0.05) is 11.1 Å². The quantitative estimate of drug-likeness (QED) is 0.358. The SMILES string of the molecule is Cl[Si](Cl)(Cl)C1C2C=CC(C2)C1[Si](Cl)(Cl)Cl. The summed E-state index contributed by atoms with van der Waals surface area (Å²) >= 11 is 36.7. The van der Waals surface area contributed by atoms with Crippen LogP contribution in [0.1, 0.15) is 6.42 Å². The van der Waals surface area contributed by atoms with Gasteiger partial charge in [-0.15, -0.1) is 66.5 Å². The Morgan fingerprint density at radius 3 is 1.33 bits per heavy atom. The summed E-state index contributed by atoms with van der Waals surface area (Å²) in [4.78, 5) is 0. The van der Waals surface area contributed by atoms with Crippen LogP contribution >= 0.6 is 66.5 Å². The summed E-state index contributed by atoms with van der Waals surface area (Å²) in [6.07, 6.45) is 5.22. The molecule has 2 aliphatic carbocycles. The van der Waals surface area contributed by atoms with Gasteiger partial charge < -0.3 is 0 Å². The average molecular weight is 361 g/mol. The highest BCUT2D eigenvalue weighted by atomic mass is 35.8. The van der Waals surface area contributed by atoms with Crippen LogP contribution in [0.5, 0.6) is 0 Å². The fourth-order valence-corrected chi connectivity index (χ4v) is 14.2. The minimum Gasteiger partial charge on any atom is -0.126 e. The minimum absolute atomic E-state index is 0.0170. The molecular formula is C7H8Cl6Si2. The maximum absolute atomic E-state index is 6.12. The van der Waals surface area contributed by atoms with Crippen LogP contribution < -0.4 is 0 Å². The van der Waals surface area contributed by atoms with E-state index in [0.717, 1.165) is 6.42 Å². The Bertz CT molecular complexity index is 265. The number of hydrogen-bond donors (Lipinski definition) is 0. The Balaban J connectivity index is 2.33. The maximum Gasteiger partial charge on any atom is 0.345 e. The second-order valence-corrected chi connectivity index (χ2v) is 21.8. The maximum atomic E-state index is 6.12. The van der Waals surface area contributed by atoms with Gasteiger partial charge in [-0.05, 0) is 18.3 Å². The molecule has 0 amide bonds.